The van der Waals surface area contributed by atoms with E-state index in [4.69, 9.17) is 9.47 Å². The van der Waals surface area contributed by atoms with Gasteiger partial charge >= 0.3 is 0 Å². The molecule has 6 heteroatoms. The quantitative estimate of drug-likeness (QED) is 0.623. The van der Waals surface area contributed by atoms with Crippen LogP contribution in [0.3, 0.4) is 0 Å². The van der Waals surface area contributed by atoms with E-state index in [1.807, 2.05) is 29.8 Å². The van der Waals surface area contributed by atoms with Crippen LogP contribution < -0.4 is 9.47 Å². The predicted octanol–water partition coefficient (Wildman–Crippen LogP) is 4.10. The van der Waals surface area contributed by atoms with Gasteiger partial charge in [-0.1, -0.05) is 41.6 Å². The molecule has 0 unspecified atom stereocenters. The van der Waals surface area contributed by atoms with E-state index in [1.54, 1.807) is 26.0 Å². The SMILES string of the molecule is COc1ccc(OC)c(CSc2nnc(-c3ccc(C)cc3)n2C)c1. The van der Waals surface area contributed by atoms with Crippen LogP contribution in [0.15, 0.2) is 47.6 Å². The van der Waals surface area contributed by atoms with Gasteiger partial charge in [-0.15, -0.1) is 10.2 Å². The van der Waals surface area contributed by atoms with Crippen molar-refractivity contribution in [3.63, 3.8) is 0 Å². The second-order valence-electron chi connectivity index (χ2n) is 5.70. The molecule has 0 saturated carbocycles. The maximum atomic E-state index is 5.44. The monoisotopic (exact) mass is 355 g/mol. The van der Waals surface area contributed by atoms with E-state index < -0.39 is 0 Å². The number of ether oxygens (including phenoxy) is 2. The Morgan fingerprint density at radius 2 is 1.76 bits per heavy atom. The van der Waals surface area contributed by atoms with Crippen LogP contribution in [-0.2, 0) is 12.8 Å². The first-order valence-electron chi connectivity index (χ1n) is 7.92. The number of benzene rings is 2. The van der Waals surface area contributed by atoms with Crippen LogP contribution in [0.1, 0.15) is 11.1 Å². The minimum atomic E-state index is 0.722. The Morgan fingerprint density at radius 1 is 1.00 bits per heavy atom. The van der Waals surface area contributed by atoms with Gasteiger partial charge in [0.2, 0.25) is 0 Å². The fourth-order valence-corrected chi connectivity index (χ4v) is 3.42. The smallest absolute Gasteiger partial charge is 0.191 e. The Kier molecular flexibility index (Phi) is 5.28. The Morgan fingerprint density at radius 3 is 2.44 bits per heavy atom. The summed E-state index contributed by atoms with van der Waals surface area (Å²) < 4.78 is 12.8. The Balaban J connectivity index is 1.80. The van der Waals surface area contributed by atoms with Crippen LogP contribution in [-0.4, -0.2) is 29.0 Å². The van der Waals surface area contributed by atoms with Gasteiger partial charge < -0.3 is 14.0 Å². The standard InChI is InChI=1S/C19H21N3O2S/c1-13-5-7-14(8-6-13)18-20-21-19(22(18)2)25-12-15-11-16(23-3)9-10-17(15)24-4/h5-11H,12H2,1-4H3. The zero-order valence-corrected chi connectivity index (χ0v) is 15.6. The van der Waals surface area contributed by atoms with Gasteiger partial charge in [0.05, 0.1) is 14.2 Å². The van der Waals surface area contributed by atoms with Crippen LogP contribution in [0.4, 0.5) is 0 Å². The van der Waals surface area contributed by atoms with Crippen molar-refractivity contribution in [2.45, 2.75) is 17.8 Å². The number of nitrogens with zero attached hydrogens (tertiary/aromatic N) is 3. The topological polar surface area (TPSA) is 49.2 Å². The van der Waals surface area contributed by atoms with E-state index in [2.05, 4.69) is 41.4 Å². The lowest BCUT2D eigenvalue weighted by molar-refractivity contribution is 0.400. The summed E-state index contributed by atoms with van der Waals surface area (Å²) in [5.41, 5.74) is 3.35. The summed E-state index contributed by atoms with van der Waals surface area (Å²) in [7, 11) is 5.32. The largest absolute Gasteiger partial charge is 0.497 e. The van der Waals surface area contributed by atoms with Crippen molar-refractivity contribution >= 4 is 11.8 Å². The van der Waals surface area contributed by atoms with Crippen molar-refractivity contribution in [3.8, 4) is 22.9 Å². The second-order valence-corrected chi connectivity index (χ2v) is 6.64. The second kappa shape index (κ2) is 7.61. The van der Waals surface area contributed by atoms with E-state index in [0.29, 0.717) is 0 Å². The number of aryl methyl sites for hydroxylation is 1. The normalized spacial score (nSPS) is 10.7. The van der Waals surface area contributed by atoms with E-state index >= 15 is 0 Å². The fraction of sp³-hybridized carbons (Fsp3) is 0.263. The Labute approximate surface area is 152 Å². The van der Waals surface area contributed by atoms with E-state index in [0.717, 1.165) is 39.4 Å². The Hall–Kier alpha value is -2.47. The van der Waals surface area contributed by atoms with Crippen LogP contribution in [0.25, 0.3) is 11.4 Å². The zero-order valence-electron chi connectivity index (χ0n) is 14.8. The van der Waals surface area contributed by atoms with Gasteiger partial charge in [0, 0.05) is 23.9 Å². The summed E-state index contributed by atoms with van der Waals surface area (Å²) in [5.74, 6) is 3.24. The molecule has 1 aromatic heterocycles. The molecule has 0 amide bonds. The summed E-state index contributed by atoms with van der Waals surface area (Å²) in [6.45, 7) is 2.07. The van der Waals surface area contributed by atoms with E-state index in [1.165, 1.54) is 5.56 Å². The average Bonchev–Trinajstić information content (AvgIpc) is 3.01. The third-order valence-electron chi connectivity index (χ3n) is 3.99. The molecule has 1 heterocycles. The number of methoxy groups -OCH3 is 2. The molecule has 130 valence electrons. The van der Waals surface area contributed by atoms with Gasteiger partial charge in [0.25, 0.3) is 0 Å². The van der Waals surface area contributed by atoms with Gasteiger partial charge in [-0.05, 0) is 25.1 Å². The van der Waals surface area contributed by atoms with Gasteiger partial charge in [-0.2, -0.15) is 0 Å². The van der Waals surface area contributed by atoms with Crippen molar-refractivity contribution in [2.24, 2.45) is 7.05 Å². The molecule has 0 bridgehead atoms. The fourth-order valence-electron chi connectivity index (χ4n) is 2.53. The molecule has 0 fully saturated rings. The molecule has 3 rings (SSSR count). The summed E-state index contributed by atoms with van der Waals surface area (Å²) >= 11 is 1.62. The summed E-state index contributed by atoms with van der Waals surface area (Å²) in [5, 5.41) is 9.53. The van der Waals surface area contributed by atoms with Crippen LogP contribution in [0, 0.1) is 6.92 Å². The highest BCUT2D eigenvalue weighted by molar-refractivity contribution is 7.98. The molecule has 3 aromatic rings. The van der Waals surface area contributed by atoms with Crippen LogP contribution in [0.2, 0.25) is 0 Å². The first kappa shape index (κ1) is 17.4. The third kappa shape index (κ3) is 3.79. The molecule has 25 heavy (non-hydrogen) atoms. The molecule has 0 aliphatic carbocycles. The number of hydrogen-bond donors (Lipinski definition) is 0. The molecule has 0 aliphatic heterocycles. The first-order valence-corrected chi connectivity index (χ1v) is 8.91. The maximum Gasteiger partial charge on any atom is 0.191 e. The van der Waals surface area contributed by atoms with Gasteiger partial charge in [-0.25, -0.2) is 0 Å². The summed E-state index contributed by atoms with van der Waals surface area (Å²) in [4.78, 5) is 0. The molecule has 0 N–H and O–H groups in total. The molecular weight excluding hydrogens is 334 g/mol. The molecule has 0 spiro atoms. The highest BCUT2D eigenvalue weighted by atomic mass is 32.2. The minimum Gasteiger partial charge on any atom is -0.497 e. The van der Waals surface area contributed by atoms with E-state index in [9.17, 15) is 0 Å². The summed E-state index contributed by atoms with van der Waals surface area (Å²) in [6.07, 6.45) is 0. The van der Waals surface area contributed by atoms with Crippen LogP contribution in [0.5, 0.6) is 11.5 Å². The van der Waals surface area contributed by atoms with Crippen molar-refractivity contribution < 1.29 is 9.47 Å². The van der Waals surface area contributed by atoms with Crippen molar-refractivity contribution in [2.75, 3.05) is 14.2 Å². The zero-order chi connectivity index (χ0) is 17.8. The molecule has 0 atom stereocenters. The highest BCUT2D eigenvalue weighted by Gasteiger charge is 2.13. The van der Waals surface area contributed by atoms with Gasteiger partial charge in [0.1, 0.15) is 11.5 Å². The maximum absolute atomic E-state index is 5.44. The molecule has 2 aromatic carbocycles. The van der Waals surface area contributed by atoms with Crippen LogP contribution >= 0.6 is 11.8 Å². The van der Waals surface area contributed by atoms with E-state index in [-0.39, 0.29) is 0 Å². The third-order valence-corrected chi connectivity index (χ3v) is 5.06. The molecule has 0 aliphatic rings. The minimum absolute atomic E-state index is 0.722. The predicted molar refractivity (Wildman–Crippen MR) is 100 cm³/mol. The van der Waals surface area contributed by atoms with Crippen molar-refractivity contribution in [3.05, 3.63) is 53.6 Å². The lowest BCUT2D eigenvalue weighted by Gasteiger charge is -2.10. The molecule has 0 saturated heterocycles. The van der Waals surface area contributed by atoms with Crippen molar-refractivity contribution in [1.29, 1.82) is 0 Å². The first-order chi connectivity index (χ1) is 12.1. The number of rotatable bonds is 6. The molecule has 5 nitrogen and oxygen atoms in total. The average molecular weight is 355 g/mol. The van der Waals surface area contributed by atoms with Gasteiger partial charge in [-0.3, -0.25) is 0 Å². The number of thioether (sulfide) groups is 1. The lowest BCUT2D eigenvalue weighted by atomic mass is 10.1. The molecular formula is C19H21N3O2S. The summed E-state index contributed by atoms with van der Waals surface area (Å²) in [6, 6.07) is 14.1. The number of aromatic nitrogens is 3. The Bertz CT molecular complexity index is 860. The lowest BCUT2D eigenvalue weighted by Crippen LogP contribution is -1.96. The van der Waals surface area contributed by atoms with Gasteiger partial charge in [0.15, 0.2) is 11.0 Å². The molecule has 0 radical (unpaired) electrons. The highest BCUT2D eigenvalue weighted by Crippen LogP contribution is 2.31. The number of hydrogen-bond acceptors (Lipinski definition) is 5. The van der Waals surface area contributed by atoms with Crippen molar-refractivity contribution in [1.82, 2.24) is 14.8 Å².